The van der Waals surface area contributed by atoms with Gasteiger partial charge in [0.25, 0.3) is 0 Å². The van der Waals surface area contributed by atoms with Gasteiger partial charge < -0.3 is 9.31 Å². The van der Waals surface area contributed by atoms with Gasteiger partial charge in [0.05, 0.1) is 11.2 Å². The number of hydrogen-bond donors (Lipinski definition) is 0. The second-order valence-corrected chi connectivity index (χ2v) is 14.0. The summed E-state index contributed by atoms with van der Waals surface area (Å²) in [7, 11) is -0.558. The Morgan fingerprint density at radius 1 is 0.353 bits per heavy atom. The highest BCUT2D eigenvalue weighted by Crippen LogP contribution is 2.38. The Bertz CT molecular complexity index is 2280. The van der Waals surface area contributed by atoms with Gasteiger partial charge >= 0.3 is 7.12 Å². The molecule has 1 aromatic heterocycles. The Hall–Kier alpha value is -5.69. The van der Waals surface area contributed by atoms with Crippen LogP contribution >= 0.6 is 0 Å². The first kappa shape index (κ1) is 32.5. The van der Waals surface area contributed by atoms with E-state index in [4.69, 9.17) is 24.3 Å². The Balaban J connectivity index is 1.26. The third-order valence-corrected chi connectivity index (χ3v) is 9.98. The zero-order valence-electron chi connectivity index (χ0n) is 29.2. The maximum absolute atomic E-state index is 6.57. The van der Waals surface area contributed by atoms with Crippen molar-refractivity contribution in [2.75, 3.05) is 0 Å². The minimum absolute atomic E-state index is 0.488. The fourth-order valence-electron chi connectivity index (χ4n) is 6.34. The highest BCUT2D eigenvalue weighted by molar-refractivity contribution is 6.62. The fraction of sp³-hybridized carbons (Fsp3) is 0.133. The van der Waals surface area contributed by atoms with Crippen LogP contribution in [0.3, 0.4) is 0 Å². The summed E-state index contributed by atoms with van der Waals surface area (Å²) in [5.74, 6) is 1.79. The number of hydrogen-bond acceptors (Lipinski definition) is 5. The molecule has 0 N–H and O–H groups in total. The van der Waals surface area contributed by atoms with Gasteiger partial charge in [-0.1, -0.05) is 152 Å². The third-order valence-electron chi connectivity index (χ3n) is 9.98. The lowest BCUT2D eigenvalue weighted by Gasteiger charge is -2.32. The van der Waals surface area contributed by atoms with Crippen molar-refractivity contribution < 1.29 is 9.31 Å². The summed E-state index contributed by atoms with van der Waals surface area (Å²) in [5, 5.41) is 0. The van der Waals surface area contributed by atoms with E-state index in [0.717, 1.165) is 50.0 Å². The van der Waals surface area contributed by atoms with Gasteiger partial charge in [0.2, 0.25) is 0 Å². The quantitative estimate of drug-likeness (QED) is 0.159. The molecule has 6 aromatic carbocycles. The monoisotopic (exact) mass is 663 g/mol. The maximum Gasteiger partial charge on any atom is 0.494 e. The highest BCUT2D eigenvalue weighted by Gasteiger charge is 2.51. The first-order valence-electron chi connectivity index (χ1n) is 17.4. The molecule has 1 fully saturated rings. The first-order valence-corrected chi connectivity index (χ1v) is 17.4. The summed E-state index contributed by atoms with van der Waals surface area (Å²) in [6, 6.07) is 54.3. The van der Waals surface area contributed by atoms with E-state index in [9.17, 15) is 0 Å². The molecule has 0 aliphatic carbocycles. The molecule has 0 spiro atoms. The topological polar surface area (TPSA) is 57.1 Å². The molecular formula is C45H38BN3O2. The molecule has 1 aliphatic heterocycles. The molecule has 1 saturated heterocycles. The van der Waals surface area contributed by atoms with E-state index in [1.807, 2.05) is 42.5 Å². The van der Waals surface area contributed by atoms with E-state index >= 15 is 0 Å². The zero-order chi connectivity index (χ0) is 35.0. The second kappa shape index (κ2) is 13.2. The molecule has 0 atom stereocenters. The van der Waals surface area contributed by atoms with E-state index < -0.39 is 18.3 Å². The molecule has 0 unspecified atom stereocenters. The average Bonchev–Trinajstić information content (AvgIpc) is 3.41. The van der Waals surface area contributed by atoms with Crippen molar-refractivity contribution in [3.63, 3.8) is 0 Å². The van der Waals surface area contributed by atoms with Crippen LogP contribution in [0.2, 0.25) is 0 Å². The van der Waals surface area contributed by atoms with Crippen LogP contribution in [-0.4, -0.2) is 33.3 Å². The molecule has 5 nitrogen and oxygen atoms in total. The van der Waals surface area contributed by atoms with Gasteiger partial charge in [0.1, 0.15) is 0 Å². The molecule has 1 aliphatic rings. The van der Waals surface area contributed by atoms with Crippen molar-refractivity contribution >= 4 is 12.6 Å². The predicted molar refractivity (Wildman–Crippen MR) is 208 cm³/mol. The molecule has 6 heteroatoms. The van der Waals surface area contributed by atoms with Gasteiger partial charge in [-0.15, -0.1) is 0 Å². The summed E-state index contributed by atoms with van der Waals surface area (Å²) >= 11 is 0. The van der Waals surface area contributed by atoms with Crippen LogP contribution in [-0.2, 0) is 9.31 Å². The Labute approximate surface area is 300 Å². The summed E-state index contributed by atoms with van der Waals surface area (Å²) < 4.78 is 13.1. The summed E-state index contributed by atoms with van der Waals surface area (Å²) in [4.78, 5) is 15.2. The molecule has 51 heavy (non-hydrogen) atoms. The number of rotatable bonds is 7. The highest BCUT2D eigenvalue weighted by atomic mass is 16.7. The SMILES string of the molecule is CC1(C)OB(c2cc(-c3ccc(-c4ccccc4)cc3)cc(-c3nc(-c4ccccc4)nc(-c4ccc(-c5ccccc5)cc4)n3)c2)OC1(C)C. The summed E-state index contributed by atoms with van der Waals surface area (Å²) in [6.07, 6.45) is 0. The number of aromatic nitrogens is 3. The summed E-state index contributed by atoms with van der Waals surface area (Å²) in [5.41, 5.74) is 9.34. The standard InChI is InChI=1S/C45H38BN3O2/c1-44(2)45(3,4)51-46(50-44)40-29-38(35-22-20-33(21-23-35)31-14-8-5-9-15-31)28-39(30-40)43-48-41(36-18-12-7-13-19-36)47-42(49-43)37-26-24-34(25-27-37)32-16-10-6-11-17-32/h5-30H,1-4H3. The average molecular weight is 664 g/mol. The minimum atomic E-state index is -0.558. The molecule has 0 radical (unpaired) electrons. The van der Waals surface area contributed by atoms with Crippen molar-refractivity contribution in [1.82, 2.24) is 15.0 Å². The van der Waals surface area contributed by atoms with Crippen LogP contribution in [0.25, 0.3) is 67.5 Å². The van der Waals surface area contributed by atoms with Crippen LogP contribution in [0.4, 0.5) is 0 Å². The second-order valence-electron chi connectivity index (χ2n) is 14.0. The molecule has 7 aromatic rings. The molecule has 2 heterocycles. The lowest BCUT2D eigenvalue weighted by Crippen LogP contribution is -2.41. The van der Waals surface area contributed by atoms with E-state index in [0.29, 0.717) is 17.5 Å². The predicted octanol–water partition coefficient (Wildman–Crippen LogP) is 10.2. The van der Waals surface area contributed by atoms with Gasteiger partial charge in [0, 0.05) is 16.7 Å². The Kier molecular flexibility index (Phi) is 8.43. The van der Waals surface area contributed by atoms with Crippen molar-refractivity contribution in [3.05, 3.63) is 158 Å². The molecule has 8 rings (SSSR count). The minimum Gasteiger partial charge on any atom is -0.399 e. The number of benzene rings is 6. The van der Waals surface area contributed by atoms with Gasteiger partial charge in [-0.05, 0) is 72.6 Å². The van der Waals surface area contributed by atoms with E-state index in [1.54, 1.807) is 0 Å². The molecule has 0 amide bonds. The van der Waals surface area contributed by atoms with Gasteiger partial charge in [-0.2, -0.15) is 0 Å². The van der Waals surface area contributed by atoms with Crippen molar-refractivity contribution in [3.8, 4) is 67.5 Å². The number of nitrogens with zero attached hydrogens (tertiary/aromatic N) is 3. The van der Waals surface area contributed by atoms with Crippen LogP contribution < -0.4 is 5.46 Å². The van der Waals surface area contributed by atoms with Gasteiger partial charge in [0.15, 0.2) is 17.5 Å². The lowest BCUT2D eigenvalue weighted by atomic mass is 9.76. The van der Waals surface area contributed by atoms with E-state index in [2.05, 4.69) is 143 Å². The molecular weight excluding hydrogens is 625 g/mol. The largest absolute Gasteiger partial charge is 0.494 e. The Morgan fingerprint density at radius 2 is 0.667 bits per heavy atom. The first-order chi connectivity index (χ1) is 24.7. The Morgan fingerprint density at radius 3 is 1.12 bits per heavy atom. The molecule has 248 valence electrons. The van der Waals surface area contributed by atoms with Gasteiger partial charge in [-0.3, -0.25) is 0 Å². The fourth-order valence-corrected chi connectivity index (χ4v) is 6.34. The lowest BCUT2D eigenvalue weighted by molar-refractivity contribution is 0.00578. The van der Waals surface area contributed by atoms with E-state index in [-0.39, 0.29) is 0 Å². The van der Waals surface area contributed by atoms with Crippen molar-refractivity contribution in [2.24, 2.45) is 0 Å². The normalized spacial score (nSPS) is 14.8. The van der Waals surface area contributed by atoms with Crippen molar-refractivity contribution in [1.29, 1.82) is 0 Å². The third kappa shape index (κ3) is 6.64. The molecule has 0 saturated carbocycles. The van der Waals surface area contributed by atoms with Crippen LogP contribution in [0.15, 0.2) is 158 Å². The smallest absolute Gasteiger partial charge is 0.399 e. The van der Waals surface area contributed by atoms with Crippen LogP contribution in [0.1, 0.15) is 27.7 Å². The van der Waals surface area contributed by atoms with Crippen LogP contribution in [0.5, 0.6) is 0 Å². The zero-order valence-corrected chi connectivity index (χ0v) is 29.2. The van der Waals surface area contributed by atoms with E-state index in [1.165, 1.54) is 5.56 Å². The van der Waals surface area contributed by atoms with Crippen LogP contribution in [0, 0.1) is 0 Å². The van der Waals surface area contributed by atoms with Gasteiger partial charge in [-0.25, -0.2) is 15.0 Å². The summed E-state index contributed by atoms with van der Waals surface area (Å²) in [6.45, 7) is 8.31. The molecule has 0 bridgehead atoms. The van der Waals surface area contributed by atoms with Crippen molar-refractivity contribution in [2.45, 2.75) is 38.9 Å². The maximum atomic E-state index is 6.57.